The van der Waals surface area contributed by atoms with Gasteiger partial charge in [0, 0.05) is 24.7 Å². The second kappa shape index (κ2) is 4.49. The third-order valence-corrected chi connectivity index (χ3v) is 9.72. The minimum Gasteiger partial charge on any atom is -0.300 e. The van der Waals surface area contributed by atoms with E-state index in [0.29, 0.717) is 28.8 Å². The van der Waals surface area contributed by atoms with E-state index in [0.717, 1.165) is 38.5 Å². The molecule has 0 aromatic heterocycles. The smallest absolute Gasteiger partial charge is 0.139 e. The van der Waals surface area contributed by atoms with Crippen molar-refractivity contribution in [1.82, 2.24) is 0 Å². The minimum absolute atomic E-state index is 0.0806. The summed E-state index contributed by atoms with van der Waals surface area (Å²) in [5.74, 6) is 2.39. The first-order chi connectivity index (χ1) is 10.7. The van der Waals surface area contributed by atoms with Crippen molar-refractivity contribution in [2.75, 3.05) is 0 Å². The maximum absolute atomic E-state index is 12.6. The van der Waals surface area contributed by atoms with Crippen LogP contribution in [0.25, 0.3) is 0 Å². The van der Waals surface area contributed by atoms with E-state index in [1.54, 1.807) is 0 Å². The first kappa shape index (κ1) is 15.8. The van der Waals surface area contributed by atoms with Crippen LogP contribution in [0.15, 0.2) is 0 Å². The fourth-order valence-corrected chi connectivity index (χ4v) is 7.54. The summed E-state index contributed by atoms with van der Waals surface area (Å²) in [7, 11) is 0. The number of carbonyl (C=O) groups excluding carboxylic acids is 2. The van der Waals surface area contributed by atoms with Crippen molar-refractivity contribution < 1.29 is 9.59 Å². The molecule has 0 aromatic rings. The quantitative estimate of drug-likeness (QED) is 0.634. The van der Waals surface area contributed by atoms with Crippen LogP contribution in [0.2, 0.25) is 0 Å². The molecular formula is C21H32O2. The number of rotatable bonds is 0. The first-order valence-electron chi connectivity index (χ1n) is 9.71. The highest BCUT2D eigenvalue weighted by atomic mass is 16.1. The second-order valence-corrected chi connectivity index (χ2v) is 10.2. The van der Waals surface area contributed by atoms with Gasteiger partial charge in [0.1, 0.15) is 11.6 Å². The van der Waals surface area contributed by atoms with Gasteiger partial charge in [-0.15, -0.1) is 0 Å². The average molecular weight is 316 g/mol. The SMILES string of the molecule is C[C@@]12CC[C@@H]3[C@H](CC[C@]4(C)C(=O)CC[C@]34C)[C@@]1(C)CCC(=O)C2. The fraction of sp³-hybridized carbons (Fsp3) is 0.905. The third-order valence-electron chi connectivity index (χ3n) is 9.72. The van der Waals surface area contributed by atoms with E-state index in [2.05, 4.69) is 27.7 Å². The zero-order valence-corrected chi connectivity index (χ0v) is 15.3. The summed E-state index contributed by atoms with van der Waals surface area (Å²) in [6.45, 7) is 9.56. The standard InChI is InChI=1S/C21H32O2/c1-18-9-6-16-15(19(18,2)10-5-14(22)13-18)7-11-21(4)17(23)8-12-20(16,21)3/h15-16H,5-13H2,1-4H3/t15-,16+,18-,19+,20+,21+/m0/s1. The number of Topliss-reactive ketones (excluding diaryl/α,β-unsaturated/α-hetero) is 2. The monoisotopic (exact) mass is 316 g/mol. The molecule has 2 nitrogen and oxygen atoms in total. The van der Waals surface area contributed by atoms with Crippen LogP contribution >= 0.6 is 0 Å². The van der Waals surface area contributed by atoms with Crippen LogP contribution in [0.1, 0.15) is 85.5 Å². The van der Waals surface area contributed by atoms with E-state index in [-0.39, 0.29) is 16.2 Å². The van der Waals surface area contributed by atoms with Gasteiger partial charge in [0.25, 0.3) is 0 Å². The molecule has 4 fully saturated rings. The first-order valence-corrected chi connectivity index (χ1v) is 9.71. The molecule has 4 rings (SSSR count). The summed E-state index contributed by atoms with van der Waals surface area (Å²) in [5.41, 5.74) is 0.595. The molecule has 0 radical (unpaired) electrons. The predicted molar refractivity (Wildman–Crippen MR) is 91.0 cm³/mol. The highest BCUT2D eigenvalue weighted by Crippen LogP contribution is 2.72. The van der Waals surface area contributed by atoms with Gasteiger partial charge in [0.2, 0.25) is 0 Å². The lowest BCUT2D eigenvalue weighted by molar-refractivity contribution is -0.182. The summed E-state index contributed by atoms with van der Waals surface area (Å²) < 4.78 is 0. The molecule has 4 saturated carbocycles. The molecule has 23 heavy (non-hydrogen) atoms. The highest BCUT2D eigenvalue weighted by molar-refractivity contribution is 5.88. The van der Waals surface area contributed by atoms with Crippen molar-refractivity contribution in [1.29, 1.82) is 0 Å². The number of carbonyl (C=O) groups is 2. The maximum Gasteiger partial charge on any atom is 0.139 e. The van der Waals surface area contributed by atoms with Gasteiger partial charge < -0.3 is 0 Å². The average Bonchev–Trinajstić information content (AvgIpc) is 2.73. The summed E-state index contributed by atoms with van der Waals surface area (Å²) in [6.07, 6.45) is 9.20. The van der Waals surface area contributed by atoms with E-state index in [1.165, 1.54) is 19.3 Å². The minimum atomic E-state index is -0.0806. The second-order valence-electron chi connectivity index (χ2n) is 10.2. The van der Waals surface area contributed by atoms with Crippen molar-refractivity contribution >= 4 is 11.6 Å². The van der Waals surface area contributed by atoms with Crippen LogP contribution in [0.5, 0.6) is 0 Å². The summed E-state index contributed by atoms with van der Waals surface area (Å²) in [4.78, 5) is 24.8. The topological polar surface area (TPSA) is 34.1 Å². The molecule has 4 aliphatic rings. The lowest BCUT2D eigenvalue weighted by Gasteiger charge is -2.66. The van der Waals surface area contributed by atoms with Gasteiger partial charge in [-0.05, 0) is 66.6 Å². The van der Waals surface area contributed by atoms with E-state index >= 15 is 0 Å². The van der Waals surface area contributed by atoms with Gasteiger partial charge in [-0.2, -0.15) is 0 Å². The molecule has 0 bridgehead atoms. The Morgan fingerprint density at radius 1 is 0.783 bits per heavy atom. The summed E-state index contributed by atoms with van der Waals surface area (Å²) in [5, 5.41) is 0. The third kappa shape index (κ3) is 1.71. The van der Waals surface area contributed by atoms with Crippen LogP contribution in [-0.2, 0) is 9.59 Å². The van der Waals surface area contributed by atoms with Crippen LogP contribution in [-0.4, -0.2) is 11.6 Å². The van der Waals surface area contributed by atoms with Gasteiger partial charge in [-0.25, -0.2) is 0 Å². The Labute approximate surface area is 140 Å². The zero-order chi connectivity index (χ0) is 16.7. The van der Waals surface area contributed by atoms with Gasteiger partial charge in [-0.1, -0.05) is 27.7 Å². The normalized spacial score (nSPS) is 56.0. The molecule has 0 amide bonds. The molecular weight excluding hydrogens is 284 g/mol. The van der Waals surface area contributed by atoms with E-state index in [9.17, 15) is 9.59 Å². The zero-order valence-electron chi connectivity index (χ0n) is 15.3. The van der Waals surface area contributed by atoms with Crippen molar-refractivity contribution in [2.45, 2.75) is 85.5 Å². The maximum atomic E-state index is 12.6. The Morgan fingerprint density at radius 3 is 2.13 bits per heavy atom. The van der Waals surface area contributed by atoms with Gasteiger partial charge in [0.05, 0.1) is 0 Å². The fourth-order valence-electron chi connectivity index (χ4n) is 7.54. The van der Waals surface area contributed by atoms with Gasteiger partial charge >= 0.3 is 0 Å². The Hall–Kier alpha value is -0.660. The Balaban J connectivity index is 1.75. The van der Waals surface area contributed by atoms with Crippen LogP contribution in [0, 0.1) is 33.5 Å². The molecule has 0 N–H and O–H groups in total. The summed E-state index contributed by atoms with van der Waals surface area (Å²) >= 11 is 0. The molecule has 4 aliphatic carbocycles. The molecule has 0 aliphatic heterocycles. The molecule has 0 saturated heterocycles. The molecule has 0 unspecified atom stereocenters. The van der Waals surface area contributed by atoms with Crippen LogP contribution in [0.3, 0.4) is 0 Å². The molecule has 128 valence electrons. The Morgan fingerprint density at radius 2 is 1.39 bits per heavy atom. The molecule has 0 heterocycles. The lowest BCUT2D eigenvalue weighted by Crippen LogP contribution is -2.60. The van der Waals surface area contributed by atoms with Crippen molar-refractivity contribution in [3.8, 4) is 0 Å². The Kier molecular flexibility index (Phi) is 3.09. The number of hydrogen-bond acceptors (Lipinski definition) is 2. The van der Waals surface area contributed by atoms with Gasteiger partial charge in [0.15, 0.2) is 0 Å². The van der Waals surface area contributed by atoms with Crippen molar-refractivity contribution in [2.24, 2.45) is 33.5 Å². The Bertz CT molecular complexity index is 580. The molecule has 0 spiro atoms. The van der Waals surface area contributed by atoms with Crippen LogP contribution < -0.4 is 0 Å². The largest absolute Gasteiger partial charge is 0.300 e. The molecule has 6 atom stereocenters. The van der Waals surface area contributed by atoms with Gasteiger partial charge in [-0.3, -0.25) is 9.59 Å². The predicted octanol–water partition coefficient (Wildman–Crippen LogP) is 4.95. The number of ketones is 2. The van der Waals surface area contributed by atoms with E-state index < -0.39 is 0 Å². The number of hydrogen-bond donors (Lipinski definition) is 0. The molecule has 0 aromatic carbocycles. The van der Waals surface area contributed by atoms with E-state index in [4.69, 9.17) is 0 Å². The van der Waals surface area contributed by atoms with Crippen LogP contribution in [0.4, 0.5) is 0 Å². The van der Waals surface area contributed by atoms with Crippen molar-refractivity contribution in [3.05, 3.63) is 0 Å². The molecule has 2 heteroatoms. The lowest BCUT2D eigenvalue weighted by atomic mass is 9.38. The summed E-state index contributed by atoms with van der Waals surface area (Å²) in [6, 6.07) is 0. The number of fused-ring (bicyclic) bond motifs is 5. The van der Waals surface area contributed by atoms with Crippen molar-refractivity contribution in [3.63, 3.8) is 0 Å². The van der Waals surface area contributed by atoms with E-state index in [1.807, 2.05) is 0 Å². The highest BCUT2D eigenvalue weighted by Gasteiger charge is 2.67.